The maximum Gasteiger partial charge on any atom is -0.00773 e. The monoisotopic (exact) mass is 299 g/mol. The number of allylic oxidation sites excluding steroid dienone is 2. The Morgan fingerprint density at radius 1 is 0.550 bits per heavy atom. The second-order valence-electron chi connectivity index (χ2n) is 5.80. The van der Waals surface area contributed by atoms with Gasteiger partial charge in [0.25, 0.3) is 0 Å². The van der Waals surface area contributed by atoms with Gasteiger partial charge >= 0.3 is 0 Å². The molecule has 0 aliphatic rings. The van der Waals surface area contributed by atoms with Crippen LogP contribution in [0.4, 0.5) is 0 Å². The first-order valence-electron chi connectivity index (χ1n) is 8.87. The van der Waals surface area contributed by atoms with E-state index in [9.17, 15) is 0 Å². The highest BCUT2D eigenvalue weighted by Gasteiger charge is 1.91. The lowest BCUT2D eigenvalue weighted by Gasteiger charge is -1.99. The molecule has 0 bridgehead atoms. The lowest BCUT2D eigenvalue weighted by molar-refractivity contribution is 0.599. The van der Waals surface area contributed by atoms with E-state index in [1.807, 2.05) is 0 Å². The topological polar surface area (TPSA) is 26.0 Å². The average molecular weight is 300 g/mol. The van der Waals surface area contributed by atoms with E-state index in [1.165, 1.54) is 89.9 Å². The SMILES string of the molecule is NCCCCCCCC/C=C\CCCCCCCCS. The molecule has 2 N–H and O–H groups in total. The van der Waals surface area contributed by atoms with Gasteiger partial charge in [0, 0.05) is 0 Å². The van der Waals surface area contributed by atoms with Gasteiger partial charge < -0.3 is 5.73 Å². The minimum absolute atomic E-state index is 0.859. The normalized spacial score (nSPS) is 11.5. The quantitative estimate of drug-likeness (QED) is 0.207. The predicted octanol–water partition coefficient (Wildman–Crippen LogP) is 5.89. The summed E-state index contributed by atoms with van der Waals surface area (Å²) in [6.45, 7) is 0.859. The van der Waals surface area contributed by atoms with E-state index in [0.717, 1.165) is 12.3 Å². The summed E-state index contributed by atoms with van der Waals surface area (Å²) < 4.78 is 0. The van der Waals surface area contributed by atoms with Crippen LogP contribution in [0.2, 0.25) is 0 Å². The van der Waals surface area contributed by atoms with Crippen molar-refractivity contribution in [2.45, 2.75) is 89.9 Å². The molecule has 0 unspecified atom stereocenters. The van der Waals surface area contributed by atoms with Gasteiger partial charge in [0.15, 0.2) is 0 Å². The lowest BCUT2D eigenvalue weighted by Crippen LogP contribution is -1.97. The first-order valence-corrected chi connectivity index (χ1v) is 9.51. The minimum Gasteiger partial charge on any atom is -0.330 e. The maximum atomic E-state index is 5.48. The summed E-state index contributed by atoms with van der Waals surface area (Å²) >= 11 is 4.23. The van der Waals surface area contributed by atoms with E-state index in [2.05, 4.69) is 24.8 Å². The van der Waals surface area contributed by atoms with Crippen LogP contribution in [0, 0.1) is 0 Å². The Hall–Kier alpha value is 0.0500. The third-order valence-electron chi connectivity index (χ3n) is 3.77. The van der Waals surface area contributed by atoms with Gasteiger partial charge in [0.2, 0.25) is 0 Å². The van der Waals surface area contributed by atoms with Crippen LogP contribution in [0.15, 0.2) is 12.2 Å². The minimum atomic E-state index is 0.859. The number of hydrogen-bond acceptors (Lipinski definition) is 2. The zero-order valence-electron chi connectivity index (χ0n) is 13.5. The third kappa shape index (κ3) is 18.0. The summed E-state index contributed by atoms with van der Waals surface area (Å²) in [4.78, 5) is 0. The molecule has 0 aliphatic heterocycles. The zero-order chi connectivity index (χ0) is 14.7. The summed E-state index contributed by atoms with van der Waals surface area (Å²) in [7, 11) is 0. The van der Waals surface area contributed by atoms with E-state index < -0.39 is 0 Å². The molecule has 0 aromatic heterocycles. The molecule has 0 spiro atoms. The van der Waals surface area contributed by atoms with E-state index in [4.69, 9.17) is 5.73 Å². The van der Waals surface area contributed by atoms with Gasteiger partial charge in [-0.3, -0.25) is 0 Å². The number of rotatable bonds is 16. The van der Waals surface area contributed by atoms with Gasteiger partial charge in [-0.15, -0.1) is 0 Å². The summed E-state index contributed by atoms with van der Waals surface area (Å²) in [6.07, 6.45) is 23.6. The largest absolute Gasteiger partial charge is 0.330 e. The molecular formula is C18H37NS. The van der Waals surface area contributed by atoms with Crippen LogP contribution in [0.5, 0.6) is 0 Å². The zero-order valence-corrected chi connectivity index (χ0v) is 14.4. The fourth-order valence-electron chi connectivity index (χ4n) is 2.43. The number of unbranched alkanes of at least 4 members (excludes halogenated alkanes) is 12. The molecule has 0 aromatic carbocycles. The highest BCUT2D eigenvalue weighted by Crippen LogP contribution is 2.09. The molecule has 0 saturated carbocycles. The number of hydrogen-bond donors (Lipinski definition) is 2. The summed E-state index contributed by atoms with van der Waals surface area (Å²) in [6, 6.07) is 0. The Labute approximate surface area is 133 Å². The van der Waals surface area contributed by atoms with Crippen molar-refractivity contribution in [3.63, 3.8) is 0 Å². The Morgan fingerprint density at radius 3 is 1.40 bits per heavy atom. The van der Waals surface area contributed by atoms with Crippen LogP contribution in [0.25, 0.3) is 0 Å². The molecule has 0 aliphatic carbocycles. The van der Waals surface area contributed by atoms with Gasteiger partial charge in [-0.25, -0.2) is 0 Å². The first-order chi connectivity index (χ1) is 9.91. The van der Waals surface area contributed by atoms with Crippen molar-refractivity contribution in [3.8, 4) is 0 Å². The number of thiol groups is 1. The van der Waals surface area contributed by atoms with E-state index in [-0.39, 0.29) is 0 Å². The fraction of sp³-hybridized carbons (Fsp3) is 0.889. The predicted molar refractivity (Wildman–Crippen MR) is 96.7 cm³/mol. The molecule has 0 atom stereocenters. The highest BCUT2D eigenvalue weighted by molar-refractivity contribution is 7.80. The molecular weight excluding hydrogens is 262 g/mol. The smallest absolute Gasteiger partial charge is 0.00773 e. The molecule has 0 aromatic rings. The first kappa shape index (κ1) is 20.1. The third-order valence-corrected chi connectivity index (χ3v) is 4.09. The summed E-state index contributed by atoms with van der Waals surface area (Å²) in [5, 5.41) is 0. The van der Waals surface area contributed by atoms with Crippen LogP contribution in [-0.4, -0.2) is 12.3 Å². The second kappa shape index (κ2) is 19.1. The van der Waals surface area contributed by atoms with Crippen molar-refractivity contribution in [2.24, 2.45) is 5.73 Å². The van der Waals surface area contributed by atoms with Crippen molar-refractivity contribution in [2.75, 3.05) is 12.3 Å². The molecule has 0 fully saturated rings. The van der Waals surface area contributed by atoms with E-state index >= 15 is 0 Å². The van der Waals surface area contributed by atoms with Crippen LogP contribution in [0.1, 0.15) is 89.9 Å². The molecule has 0 heterocycles. The molecule has 1 nitrogen and oxygen atoms in total. The molecule has 120 valence electrons. The van der Waals surface area contributed by atoms with Crippen LogP contribution in [-0.2, 0) is 0 Å². The van der Waals surface area contributed by atoms with Gasteiger partial charge in [-0.1, -0.05) is 63.5 Å². The Balaban J connectivity index is 3.01. The van der Waals surface area contributed by atoms with Gasteiger partial charge in [-0.2, -0.15) is 12.6 Å². The molecule has 2 heteroatoms. The van der Waals surface area contributed by atoms with Gasteiger partial charge in [-0.05, 0) is 50.8 Å². The van der Waals surface area contributed by atoms with Crippen molar-refractivity contribution in [3.05, 3.63) is 12.2 Å². The van der Waals surface area contributed by atoms with E-state index in [0.29, 0.717) is 0 Å². The molecule has 0 saturated heterocycles. The molecule has 0 amide bonds. The standard InChI is InChI=1S/C18H37NS/c19-17-15-13-11-9-7-5-3-1-2-4-6-8-10-12-14-16-18-20/h1-2,20H,3-19H2/b2-1-. The van der Waals surface area contributed by atoms with Crippen molar-refractivity contribution in [1.29, 1.82) is 0 Å². The molecule has 20 heavy (non-hydrogen) atoms. The van der Waals surface area contributed by atoms with Crippen LogP contribution in [0.3, 0.4) is 0 Å². The van der Waals surface area contributed by atoms with Crippen LogP contribution >= 0.6 is 12.6 Å². The van der Waals surface area contributed by atoms with Crippen LogP contribution < -0.4 is 5.73 Å². The molecule has 0 rings (SSSR count). The van der Waals surface area contributed by atoms with Crippen molar-refractivity contribution in [1.82, 2.24) is 0 Å². The van der Waals surface area contributed by atoms with Gasteiger partial charge in [0.1, 0.15) is 0 Å². The maximum absolute atomic E-state index is 5.48. The Morgan fingerprint density at radius 2 is 0.950 bits per heavy atom. The van der Waals surface area contributed by atoms with Crippen molar-refractivity contribution < 1.29 is 0 Å². The Kier molecular flexibility index (Phi) is 19.1. The number of nitrogens with two attached hydrogens (primary N) is 1. The fourth-order valence-corrected chi connectivity index (χ4v) is 2.65. The molecule has 0 radical (unpaired) electrons. The lowest BCUT2D eigenvalue weighted by atomic mass is 10.1. The second-order valence-corrected chi connectivity index (χ2v) is 6.25. The summed E-state index contributed by atoms with van der Waals surface area (Å²) in [5.41, 5.74) is 5.48. The highest BCUT2D eigenvalue weighted by atomic mass is 32.1. The van der Waals surface area contributed by atoms with E-state index in [1.54, 1.807) is 0 Å². The average Bonchev–Trinajstić information content (AvgIpc) is 2.47. The summed E-state index contributed by atoms with van der Waals surface area (Å²) in [5.74, 6) is 1.05. The Bertz CT molecular complexity index is 172. The van der Waals surface area contributed by atoms with Crippen molar-refractivity contribution >= 4 is 12.6 Å². The van der Waals surface area contributed by atoms with Gasteiger partial charge in [0.05, 0.1) is 0 Å².